The molecule has 2 heterocycles. The van der Waals surface area contributed by atoms with Crippen LogP contribution in [0.2, 0.25) is 5.15 Å². The fourth-order valence-electron chi connectivity index (χ4n) is 4.85. The van der Waals surface area contributed by atoms with Crippen molar-refractivity contribution in [2.45, 2.75) is 38.5 Å². The number of fused-ring (bicyclic) bond motifs is 4. The molecule has 2 aliphatic rings. The number of pyridine rings is 1. The van der Waals surface area contributed by atoms with Gasteiger partial charge < -0.3 is 0 Å². The Balaban J connectivity index is 1.67. The lowest BCUT2D eigenvalue weighted by atomic mass is 9.65. The summed E-state index contributed by atoms with van der Waals surface area (Å²) in [4.78, 5) is 26.3. The molecule has 0 bridgehead atoms. The lowest BCUT2D eigenvalue weighted by Gasteiger charge is -2.39. The average Bonchev–Trinajstić information content (AvgIpc) is 2.70. The van der Waals surface area contributed by atoms with Gasteiger partial charge in [-0.1, -0.05) is 36.7 Å². The third-order valence-corrected chi connectivity index (χ3v) is 6.64. The van der Waals surface area contributed by atoms with Gasteiger partial charge in [-0.05, 0) is 37.3 Å². The molecule has 0 amide bonds. The van der Waals surface area contributed by atoms with Gasteiger partial charge in [0.1, 0.15) is 10.9 Å². The number of Topliss-reactive ketones (excluding diaryl/α,β-unsaturated/α-hetero) is 1. The summed E-state index contributed by atoms with van der Waals surface area (Å²) in [6.07, 6.45) is 5.13. The Labute approximate surface area is 163 Å². The Hall–Kier alpha value is -2.33. The first kappa shape index (κ1) is 16.8. The number of carbonyl (C=O) groups excluding carboxylic acids is 1. The number of ketones is 1. The first-order valence-corrected chi connectivity index (χ1v) is 9.94. The van der Waals surface area contributed by atoms with Crippen molar-refractivity contribution in [1.82, 2.24) is 15.0 Å². The lowest BCUT2D eigenvalue weighted by Crippen LogP contribution is -2.36. The van der Waals surface area contributed by atoms with Crippen molar-refractivity contribution >= 4 is 28.3 Å². The van der Waals surface area contributed by atoms with Gasteiger partial charge in [0, 0.05) is 41.0 Å². The molecule has 5 rings (SSSR count). The number of hydrogen-bond donors (Lipinski definition) is 0. The smallest absolute Gasteiger partial charge is 0.161 e. The summed E-state index contributed by atoms with van der Waals surface area (Å²) in [5, 5.41) is 1.58. The van der Waals surface area contributed by atoms with E-state index in [1.54, 1.807) is 6.20 Å². The zero-order chi connectivity index (χ0) is 18.5. The summed E-state index contributed by atoms with van der Waals surface area (Å²) in [6.45, 7) is 2.07. The molecular formula is C22H20ClN3O. The second-order valence-corrected chi connectivity index (χ2v) is 8.04. The predicted molar refractivity (Wildman–Crippen MR) is 106 cm³/mol. The number of benzene rings is 1. The Morgan fingerprint density at radius 2 is 1.93 bits per heavy atom. The number of nitrogens with zero attached hydrogens (tertiary/aromatic N) is 3. The molecule has 5 heteroatoms. The Morgan fingerprint density at radius 1 is 1.07 bits per heavy atom. The molecule has 2 aliphatic carbocycles. The van der Waals surface area contributed by atoms with Crippen LogP contribution in [0.4, 0.5) is 0 Å². The van der Waals surface area contributed by atoms with Gasteiger partial charge in [-0.15, -0.1) is 0 Å². The Bertz CT molecular complexity index is 1060. The van der Waals surface area contributed by atoms with Gasteiger partial charge in [0.05, 0.1) is 11.2 Å². The van der Waals surface area contributed by atoms with Crippen LogP contribution in [0.1, 0.15) is 43.4 Å². The SMILES string of the molecule is CC1C(=O)CCC2c3nc(-c4ccnc5ccccc45)nc(Cl)c3CCC12. The lowest BCUT2D eigenvalue weighted by molar-refractivity contribution is -0.126. The normalized spacial score (nSPS) is 24.5. The molecule has 0 spiro atoms. The number of halogens is 1. The Morgan fingerprint density at radius 3 is 2.81 bits per heavy atom. The first-order chi connectivity index (χ1) is 13.1. The third kappa shape index (κ3) is 2.66. The minimum Gasteiger partial charge on any atom is -0.299 e. The molecule has 4 nitrogen and oxygen atoms in total. The van der Waals surface area contributed by atoms with Crippen molar-refractivity contribution in [3.05, 3.63) is 52.9 Å². The molecule has 136 valence electrons. The van der Waals surface area contributed by atoms with Gasteiger partial charge in [0.2, 0.25) is 0 Å². The van der Waals surface area contributed by atoms with Gasteiger partial charge >= 0.3 is 0 Å². The number of carbonyl (C=O) groups is 1. The molecule has 0 aliphatic heterocycles. The van der Waals surface area contributed by atoms with Crippen molar-refractivity contribution in [3.63, 3.8) is 0 Å². The van der Waals surface area contributed by atoms with E-state index in [1.165, 1.54) is 0 Å². The second kappa shape index (κ2) is 6.38. The molecule has 3 aromatic rings. The van der Waals surface area contributed by atoms with Crippen molar-refractivity contribution < 1.29 is 4.79 Å². The topological polar surface area (TPSA) is 55.7 Å². The zero-order valence-corrected chi connectivity index (χ0v) is 15.9. The number of aromatic nitrogens is 3. The summed E-state index contributed by atoms with van der Waals surface area (Å²) in [5.74, 6) is 1.82. The highest BCUT2D eigenvalue weighted by Crippen LogP contribution is 2.47. The maximum atomic E-state index is 12.2. The summed E-state index contributed by atoms with van der Waals surface area (Å²) >= 11 is 6.61. The van der Waals surface area contributed by atoms with Crippen molar-refractivity contribution in [1.29, 1.82) is 0 Å². The maximum absolute atomic E-state index is 12.2. The van der Waals surface area contributed by atoms with Crippen molar-refractivity contribution in [3.8, 4) is 11.4 Å². The number of rotatable bonds is 1. The molecule has 1 aromatic carbocycles. The van der Waals surface area contributed by atoms with Crippen molar-refractivity contribution in [2.75, 3.05) is 0 Å². The van der Waals surface area contributed by atoms with Crippen LogP contribution < -0.4 is 0 Å². The fraction of sp³-hybridized carbons (Fsp3) is 0.364. The van der Waals surface area contributed by atoms with Crippen LogP contribution in [-0.4, -0.2) is 20.7 Å². The highest BCUT2D eigenvalue weighted by molar-refractivity contribution is 6.30. The molecule has 0 radical (unpaired) electrons. The molecule has 1 saturated carbocycles. The van der Waals surface area contributed by atoms with Crippen LogP contribution >= 0.6 is 11.6 Å². The van der Waals surface area contributed by atoms with Gasteiger partial charge in [0.25, 0.3) is 0 Å². The largest absolute Gasteiger partial charge is 0.299 e. The molecule has 0 N–H and O–H groups in total. The summed E-state index contributed by atoms with van der Waals surface area (Å²) < 4.78 is 0. The van der Waals surface area contributed by atoms with Gasteiger partial charge in [-0.25, -0.2) is 9.97 Å². The van der Waals surface area contributed by atoms with Crippen LogP contribution in [-0.2, 0) is 11.2 Å². The van der Waals surface area contributed by atoms with Crippen LogP contribution in [0.15, 0.2) is 36.5 Å². The van der Waals surface area contributed by atoms with E-state index in [2.05, 4.69) is 16.9 Å². The first-order valence-electron chi connectivity index (χ1n) is 9.56. The van der Waals surface area contributed by atoms with Crippen LogP contribution in [0.25, 0.3) is 22.3 Å². The van der Waals surface area contributed by atoms with Gasteiger partial charge in [-0.2, -0.15) is 0 Å². The highest BCUT2D eigenvalue weighted by atomic mass is 35.5. The minimum atomic E-state index is 0.107. The van der Waals surface area contributed by atoms with E-state index in [4.69, 9.17) is 16.6 Å². The molecule has 27 heavy (non-hydrogen) atoms. The maximum Gasteiger partial charge on any atom is 0.161 e. The average molecular weight is 378 g/mol. The standard InChI is InChI=1S/C22H20ClN3O/c1-12-13-6-7-17-20(15(13)8-9-19(12)27)25-22(26-21(17)23)16-10-11-24-18-5-3-2-4-14(16)18/h2-5,10-13,15H,6-9H2,1H3. The van der Waals surface area contributed by atoms with E-state index < -0.39 is 0 Å². The van der Waals surface area contributed by atoms with Crippen molar-refractivity contribution in [2.24, 2.45) is 11.8 Å². The Kier molecular flexibility index (Phi) is 3.97. The van der Waals surface area contributed by atoms with E-state index in [1.807, 2.05) is 30.3 Å². The fourth-order valence-corrected chi connectivity index (χ4v) is 5.12. The predicted octanol–water partition coefficient (Wildman–Crippen LogP) is 4.99. The van der Waals surface area contributed by atoms with E-state index in [0.717, 1.165) is 47.0 Å². The molecule has 2 aromatic heterocycles. The highest BCUT2D eigenvalue weighted by Gasteiger charge is 2.41. The molecule has 0 saturated heterocycles. The molecule has 3 atom stereocenters. The van der Waals surface area contributed by atoms with Crippen LogP contribution in [0.3, 0.4) is 0 Å². The molecule has 3 unspecified atom stereocenters. The quantitative estimate of drug-likeness (QED) is 0.560. The van der Waals surface area contributed by atoms with E-state index in [-0.39, 0.29) is 5.92 Å². The molecule has 1 fully saturated rings. The number of para-hydroxylation sites is 1. The summed E-state index contributed by atoms with van der Waals surface area (Å²) in [6, 6.07) is 9.96. The van der Waals surface area contributed by atoms with Gasteiger partial charge in [-0.3, -0.25) is 9.78 Å². The van der Waals surface area contributed by atoms with E-state index in [9.17, 15) is 4.79 Å². The van der Waals surface area contributed by atoms with E-state index >= 15 is 0 Å². The monoisotopic (exact) mass is 377 g/mol. The third-order valence-electron chi connectivity index (χ3n) is 6.33. The molecular weight excluding hydrogens is 358 g/mol. The number of hydrogen-bond acceptors (Lipinski definition) is 4. The zero-order valence-electron chi connectivity index (χ0n) is 15.2. The van der Waals surface area contributed by atoms with Gasteiger partial charge in [0.15, 0.2) is 5.82 Å². The van der Waals surface area contributed by atoms with Crippen LogP contribution in [0, 0.1) is 11.8 Å². The van der Waals surface area contributed by atoms with E-state index in [0.29, 0.717) is 35.0 Å². The summed E-state index contributed by atoms with van der Waals surface area (Å²) in [5.41, 5.74) is 4.00. The summed E-state index contributed by atoms with van der Waals surface area (Å²) in [7, 11) is 0. The van der Waals surface area contributed by atoms with Crippen LogP contribution in [0.5, 0.6) is 0 Å². The minimum absolute atomic E-state index is 0.107. The second-order valence-electron chi connectivity index (χ2n) is 7.68.